The van der Waals surface area contributed by atoms with Gasteiger partial charge in [0.15, 0.2) is 5.78 Å². The van der Waals surface area contributed by atoms with Crippen molar-refractivity contribution in [3.8, 4) is 0 Å². The number of Topliss-reactive ketones (excluding diaryl/α,β-unsaturated/α-hetero) is 1. The van der Waals surface area contributed by atoms with E-state index in [2.05, 4.69) is 5.32 Å². The van der Waals surface area contributed by atoms with Crippen LogP contribution in [0.25, 0.3) is 0 Å². The van der Waals surface area contributed by atoms with E-state index in [1.165, 1.54) is 24.3 Å². The third-order valence-electron chi connectivity index (χ3n) is 2.89. The average Bonchev–Trinajstić information content (AvgIpc) is 2.46. The Morgan fingerprint density at radius 1 is 0.950 bits per heavy atom. The van der Waals surface area contributed by atoms with Gasteiger partial charge in [-0.1, -0.05) is 17.7 Å². The second-order valence-electron chi connectivity index (χ2n) is 4.48. The van der Waals surface area contributed by atoms with Gasteiger partial charge in [-0.2, -0.15) is 0 Å². The molecule has 0 aromatic heterocycles. The van der Waals surface area contributed by atoms with Crippen molar-refractivity contribution in [3.63, 3.8) is 0 Å². The number of carbonyl (C=O) groups is 2. The van der Waals surface area contributed by atoms with Gasteiger partial charge < -0.3 is 5.32 Å². The lowest BCUT2D eigenvalue weighted by atomic mass is 10.1. The zero-order valence-corrected chi connectivity index (χ0v) is 11.0. The number of nitrogens with one attached hydrogen (secondary N) is 1. The third-order valence-corrected chi connectivity index (χ3v) is 2.89. The summed E-state index contributed by atoms with van der Waals surface area (Å²) in [6, 6.07) is 12.3. The SMILES string of the molecule is Cc1ccc(C(=O)NCC(=O)c2ccc(F)cc2)cc1. The molecule has 0 spiro atoms. The van der Waals surface area contributed by atoms with Gasteiger partial charge in [0.1, 0.15) is 5.82 Å². The molecule has 20 heavy (non-hydrogen) atoms. The first-order valence-electron chi connectivity index (χ1n) is 6.20. The summed E-state index contributed by atoms with van der Waals surface area (Å²) in [6.07, 6.45) is 0. The Hall–Kier alpha value is -2.49. The van der Waals surface area contributed by atoms with Crippen LogP contribution in [0.5, 0.6) is 0 Å². The van der Waals surface area contributed by atoms with E-state index in [1.54, 1.807) is 12.1 Å². The largest absolute Gasteiger partial charge is 0.345 e. The Morgan fingerprint density at radius 3 is 2.10 bits per heavy atom. The molecule has 2 aromatic rings. The molecule has 0 saturated heterocycles. The van der Waals surface area contributed by atoms with Crippen molar-refractivity contribution in [1.29, 1.82) is 0 Å². The van der Waals surface area contributed by atoms with E-state index >= 15 is 0 Å². The maximum absolute atomic E-state index is 12.7. The molecule has 0 aliphatic carbocycles. The highest BCUT2D eigenvalue weighted by molar-refractivity contribution is 6.02. The Balaban J connectivity index is 1.94. The molecule has 3 nitrogen and oxygen atoms in total. The molecule has 1 N–H and O–H groups in total. The van der Waals surface area contributed by atoms with Crippen LogP contribution in [-0.4, -0.2) is 18.2 Å². The van der Waals surface area contributed by atoms with Crippen LogP contribution in [0.4, 0.5) is 4.39 Å². The fourth-order valence-corrected chi connectivity index (χ4v) is 1.71. The third kappa shape index (κ3) is 3.51. The highest BCUT2D eigenvalue weighted by Crippen LogP contribution is 2.05. The smallest absolute Gasteiger partial charge is 0.251 e. The highest BCUT2D eigenvalue weighted by Gasteiger charge is 2.09. The first kappa shape index (κ1) is 13.9. The Labute approximate surface area is 116 Å². The number of halogens is 1. The molecule has 102 valence electrons. The van der Waals surface area contributed by atoms with E-state index in [0.717, 1.165) is 5.56 Å². The van der Waals surface area contributed by atoms with E-state index in [0.29, 0.717) is 11.1 Å². The molecule has 0 aliphatic rings. The first-order valence-corrected chi connectivity index (χ1v) is 6.20. The molecular formula is C16H14FNO2. The second kappa shape index (κ2) is 6.10. The summed E-state index contributed by atoms with van der Waals surface area (Å²) in [6.45, 7) is 1.82. The van der Waals surface area contributed by atoms with Gasteiger partial charge in [0, 0.05) is 11.1 Å². The van der Waals surface area contributed by atoms with Gasteiger partial charge in [0.05, 0.1) is 6.54 Å². The van der Waals surface area contributed by atoms with E-state index in [9.17, 15) is 14.0 Å². The maximum Gasteiger partial charge on any atom is 0.251 e. The molecule has 4 heteroatoms. The van der Waals surface area contributed by atoms with Crippen LogP contribution < -0.4 is 5.32 Å². The van der Waals surface area contributed by atoms with Gasteiger partial charge in [-0.25, -0.2) is 4.39 Å². The summed E-state index contributed by atoms with van der Waals surface area (Å²) in [7, 11) is 0. The molecule has 0 saturated carbocycles. The van der Waals surface area contributed by atoms with Crippen molar-refractivity contribution in [2.45, 2.75) is 6.92 Å². The van der Waals surface area contributed by atoms with Crippen molar-refractivity contribution in [1.82, 2.24) is 5.32 Å². The van der Waals surface area contributed by atoms with Gasteiger partial charge in [-0.3, -0.25) is 9.59 Å². The topological polar surface area (TPSA) is 46.2 Å². The Morgan fingerprint density at radius 2 is 1.50 bits per heavy atom. The van der Waals surface area contributed by atoms with E-state index in [1.807, 2.05) is 19.1 Å². The highest BCUT2D eigenvalue weighted by atomic mass is 19.1. The summed E-state index contributed by atoms with van der Waals surface area (Å²) in [5.74, 6) is -0.962. The molecular weight excluding hydrogens is 257 g/mol. The first-order chi connectivity index (χ1) is 9.56. The predicted molar refractivity (Wildman–Crippen MR) is 74.2 cm³/mol. The fraction of sp³-hybridized carbons (Fsp3) is 0.125. The number of ketones is 1. The van der Waals surface area contributed by atoms with Crippen molar-refractivity contribution < 1.29 is 14.0 Å². The number of amides is 1. The van der Waals surface area contributed by atoms with Crippen molar-refractivity contribution in [3.05, 3.63) is 71.0 Å². The van der Waals surface area contributed by atoms with E-state index in [4.69, 9.17) is 0 Å². The zero-order valence-electron chi connectivity index (χ0n) is 11.0. The van der Waals surface area contributed by atoms with Crippen molar-refractivity contribution >= 4 is 11.7 Å². The molecule has 2 aromatic carbocycles. The molecule has 1 amide bonds. The van der Waals surface area contributed by atoms with Crippen LogP contribution in [0.2, 0.25) is 0 Å². The Kier molecular flexibility index (Phi) is 4.25. The summed E-state index contributed by atoms with van der Waals surface area (Å²) in [5.41, 5.74) is 1.93. The molecule has 2 rings (SSSR count). The number of rotatable bonds is 4. The van der Waals surface area contributed by atoms with Gasteiger partial charge in [0.25, 0.3) is 5.91 Å². The van der Waals surface area contributed by atoms with Gasteiger partial charge in [0.2, 0.25) is 0 Å². The maximum atomic E-state index is 12.7. The normalized spacial score (nSPS) is 10.1. The summed E-state index contributed by atoms with van der Waals surface area (Å²) < 4.78 is 12.7. The van der Waals surface area contributed by atoms with Crippen LogP contribution in [0, 0.1) is 12.7 Å². The standard InChI is InChI=1S/C16H14FNO2/c1-11-2-4-13(5-3-11)16(20)18-10-15(19)12-6-8-14(17)9-7-12/h2-9H,10H2,1H3,(H,18,20). The summed E-state index contributed by atoms with van der Waals surface area (Å²) in [4.78, 5) is 23.6. The van der Waals surface area contributed by atoms with E-state index in [-0.39, 0.29) is 18.2 Å². The number of benzene rings is 2. The predicted octanol–water partition coefficient (Wildman–Crippen LogP) is 2.75. The molecule has 0 radical (unpaired) electrons. The van der Waals surface area contributed by atoms with Crippen LogP contribution in [0.15, 0.2) is 48.5 Å². The van der Waals surface area contributed by atoms with Crippen molar-refractivity contribution in [2.75, 3.05) is 6.54 Å². The van der Waals surface area contributed by atoms with E-state index < -0.39 is 5.82 Å². The molecule has 0 aliphatic heterocycles. The average molecular weight is 271 g/mol. The zero-order chi connectivity index (χ0) is 14.5. The lowest BCUT2D eigenvalue weighted by molar-refractivity contribution is 0.0904. The van der Waals surface area contributed by atoms with Gasteiger partial charge in [-0.15, -0.1) is 0 Å². The Bertz CT molecular complexity index is 560. The monoisotopic (exact) mass is 271 g/mol. The molecule has 0 fully saturated rings. The molecule has 0 heterocycles. The van der Waals surface area contributed by atoms with Crippen LogP contribution in [-0.2, 0) is 0 Å². The summed E-state index contributed by atoms with van der Waals surface area (Å²) in [5, 5.41) is 2.55. The minimum atomic E-state index is -0.398. The lowest BCUT2D eigenvalue weighted by Gasteiger charge is -2.05. The van der Waals surface area contributed by atoms with Crippen LogP contribution in [0.3, 0.4) is 0 Å². The number of carbonyl (C=O) groups excluding carboxylic acids is 2. The minimum Gasteiger partial charge on any atom is -0.345 e. The summed E-state index contributed by atoms with van der Waals surface area (Å²) >= 11 is 0. The fourth-order valence-electron chi connectivity index (χ4n) is 1.71. The number of aryl methyl sites for hydroxylation is 1. The number of hydrogen-bond donors (Lipinski definition) is 1. The lowest BCUT2D eigenvalue weighted by Crippen LogP contribution is -2.29. The quantitative estimate of drug-likeness (QED) is 0.869. The molecule has 0 unspecified atom stereocenters. The molecule has 0 atom stereocenters. The van der Waals surface area contributed by atoms with Crippen molar-refractivity contribution in [2.24, 2.45) is 0 Å². The van der Waals surface area contributed by atoms with Gasteiger partial charge in [-0.05, 0) is 43.3 Å². The van der Waals surface area contributed by atoms with Crippen LogP contribution >= 0.6 is 0 Å². The number of hydrogen-bond acceptors (Lipinski definition) is 2. The minimum absolute atomic E-state index is 0.113. The molecule has 0 bridgehead atoms. The second-order valence-corrected chi connectivity index (χ2v) is 4.48. The van der Waals surface area contributed by atoms with Crippen LogP contribution in [0.1, 0.15) is 26.3 Å². The van der Waals surface area contributed by atoms with Gasteiger partial charge >= 0.3 is 0 Å².